The van der Waals surface area contributed by atoms with Crippen LogP contribution in [0.5, 0.6) is 0 Å². The number of amides is 1. The number of carbonyl (C=O) groups excluding carboxylic acids is 1. The van der Waals surface area contributed by atoms with Crippen molar-refractivity contribution in [3.63, 3.8) is 0 Å². The molecule has 0 saturated heterocycles. The van der Waals surface area contributed by atoms with Gasteiger partial charge in [-0.3, -0.25) is 4.79 Å². The molecule has 1 rings (SSSR count). The van der Waals surface area contributed by atoms with E-state index >= 15 is 0 Å². The Labute approximate surface area is 101 Å². The van der Waals surface area contributed by atoms with Gasteiger partial charge in [-0.1, -0.05) is 35.7 Å². The van der Waals surface area contributed by atoms with Gasteiger partial charge >= 0.3 is 0 Å². The Bertz CT molecular complexity index is 196. The molecule has 1 N–H and O–H groups in total. The summed E-state index contributed by atoms with van der Waals surface area (Å²) in [7, 11) is 0. The third-order valence-electron chi connectivity index (χ3n) is 3.25. The lowest BCUT2D eigenvalue weighted by Gasteiger charge is -2.29. The molecule has 1 saturated carbocycles. The van der Waals surface area contributed by atoms with Gasteiger partial charge in [0.1, 0.15) is 0 Å². The maximum absolute atomic E-state index is 11.6. The molecule has 1 fully saturated rings. The summed E-state index contributed by atoms with van der Waals surface area (Å²) in [6, 6.07) is 0.440. The zero-order chi connectivity index (χ0) is 11.1. The minimum atomic E-state index is 0.245. The Kier molecular flexibility index (Phi) is 6.30. The van der Waals surface area contributed by atoms with Gasteiger partial charge in [0.05, 0.1) is 0 Å². The molecule has 88 valence electrons. The second-order valence-corrected chi connectivity index (χ2v) is 5.37. The van der Waals surface area contributed by atoms with Crippen LogP contribution in [0, 0.1) is 5.92 Å². The smallest absolute Gasteiger partial charge is 0.220 e. The van der Waals surface area contributed by atoms with Crippen LogP contribution in [0.1, 0.15) is 51.9 Å². The molecule has 2 unspecified atom stereocenters. The predicted octanol–water partition coefficient (Wildman–Crippen LogP) is 3.25. The first kappa shape index (κ1) is 13.0. The summed E-state index contributed by atoms with van der Waals surface area (Å²) in [4.78, 5) is 11.6. The molecular weight excluding hydrogens is 254 g/mol. The highest BCUT2D eigenvalue weighted by Crippen LogP contribution is 2.23. The topological polar surface area (TPSA) is 29.1 Å². The number of halogens is 1. The summed E-state index contributed by atoms with van der Waals surface area (Å²) in [5.41, 5.74) is 0. The Morgan fingerprint density at radius 3 is 2.73 bits per heavy atom. The van der Waals surface area contributed by atoms with E-state index in [0.29, 0.717) is 18.4 Å². The molecule has 2 nitrogen and oxygen atoms in total. The number of alkyl halides is 1. The number of rotatable bonds is 5. The summed E-state index contributed by atoms with van der Waals surface area (Å²) in [6.07, 6.45) is 7.83. The van der Waals surface area contributed by atoms with Crippen LogP contribution in [-0.4, -0.2) is 17.3 Å². The SMILES string of the molecule is CC1CCCCC1NC(=O)CCCCBr. The van der Waals surface area contributed by atoms with Crippen molar-refractivity contribution in [3.8, 4) is 0 Å². The molecular formula is C12H22BrNO. The number of carbonyl (C=O) groups is 1. The molecule has 3 heteroatoms. The van der Waals surface area contributed by atoms with Gasteiger partial charge in [-0.05, 0) is 31.6 Å². The Morgan fingerprint density at radius 1 is 1.33 bits per heavy atom. The average molecular weight is 276 g/mol. The van der Waals surface area contributed by atoms with Crippen LogP contribution in [-0.2, 0) is 4.79 Å². The van der Waals surface area contributed by atoms with Crippen molar-refractivity contribution in [2.75, 3.05) is 5.33 Å². The van der Waals surface area contributed by atoms with Crippen molar-refractivity contribution in [1.82, 2.24) is 5.32 Å². The van der Waals surface area contributed by atoms with E-state index in [4.69, 9.17) is 0 Å². The van der Waals surface area contributed by atoms with Crippen LogP contribution in [0.3, 0.4) is 0 Å². The quantitative estimate of drug-likeness (QED) is 0.606. The first-order chi connectivity index (χ1) is 7.24. The van der Waals surface area contributed by atoms with Crippen LogP contribution in [0.4, 0.5) is 0 Å². The van der Waals surface area contributed by atoms with Gasteiger partial charge in [0.2, 0.25) is 5.91 Å². The second kappa shape index (κ2) is 7.26. The fourth-order valence-electron chi connectivity index (χ4n) is 2.19. The molecule has 1 amide bonds. The highest BCUT2D eigenvalue weighted by molar-refractivity contribution is 9.09. The molecule has 0 aromatic rings. The maximum atomic E-state index is 11.6. The second-order valence-electron chi connectivity index (χ2n) is 4.58. The minimum absolute atomic E-state index is 0.245. The van der Waals surface area contributed by atoms with E-state index in [9.17, 15) is 4.79 Å². The molecule has 2 atom stereocenters. The van der Waals surface area contributed by atoms with E-state index in [1.54, 1.807) is 0 Å². The summed E-state index contributed by atoms with van der Waals surface area (Å²) in [5.74, 6) is 0.911. The Morgan fingerprint density at radius 2 is 2.07 bits per heavy atom. The standard InChI is InChI=1S/C12H22BrNO/c1-10-6-2-3-7-11(10)14-12(15)8-4-5-9-13/h10-11H,2-9H2,1H3,(H,14,15). The van der Waals surface area contributed by atoms with Crippen LogP contribution in [0.15, 0.2) is 0 Å². The number of hydrogen-bond acceptors (Lipinski definition) is 1. The van der Waals surface area contributed by atoms with E-state index in [2.05, 4.69) is 28.2 Å². The molecule has 1 aliphatic carbocycles. The highest BCUT2D eigenvalue weighted by Gasteiger charge is 2.22. The number of unbranched alkanes of at least 4 members (excludes halogenated alkanes) is 1. The monoisotopic (exact) mass is 275 g/mol. The summed E-state index contributed by atoms with van der Waals surface area (Å²) in [5, 5.41) is 4.17. The van der Waals surface area contributed by atoms with Crippen molar-refractivity contribution in [2.24, 2.45) is 5.92 Å². The van der Waals surface area contributed by atoms with Crippen molar-refractivity contribution >= 4 is 21.8 Å². The van der Waals surface area contributed by atoms with Crippen molar-refractivity contribution in [2.45, 2.75) is 57.9 Å². The largest absolute Gasteiger partial charge is 0.353 e. The third kappa shape index (κ3) is 5.01. The molecule has 0 spiro atoms. The van der Waals surface area contributed by atoms with Gasteiger partial charge in [-0.15, -0.1) is 0 Å². The maximum Gasteiger partial charge on any atom is 0.220 e. The third-order valence-corrected chi connectivity index (χ3v) is 3.81. The summed E-state index contributed by atoms with van der Waals surface area (Å²) >= 11 is 3.38. The van der Waals surface area contributed by atoms with Crippen LogP contribution < -0.4 is 5.32 Å². The minimum Gasteiger partial charge on any atom is -0.353 e. The van der Waals surface area contributed by atoms with E-state index in [-0.39, 0.29) is 5.91 Å². The number of hydrogen-bond donors (Lipinski definition) is 1. The molecule has 15 heavy (non-hydrogen) atoms. The van der Waals surface area contributed by atoms with Crippen LogP contribution >= 0.6 is 15.9 Å². The molecule has 0 bridgehead atoms. The summed E-state index contributed by atoms with van der Waals surface area (Å²) < 4.78 is 0. The normalized spacial score (nSPS) is 26.3. The van der Waals surface area contributed by atoms with E-state index < -0.39 is 0 Å². The van der Waals surface area contributed by atoms with E-state index in [0.717, 1.165) is 18.2 Å². The molecule has 1 aliphatic rings. The van der Waals surface area contributed by atoms with Crippen LogP contribution in [0.2, 0.25) is 0 Å². The molecule has 0 aliphatic heterocycles. The number of nitrogens with one attached hydrogen (secondary N) is 1. The lowest BCUT2D eigenvalue weighted by molar-refractivity contribution is -0.122. The first-order valence-corrected chi connectivity index (χ1v) is 7.21. The summed E-state index contributed by atoms with van der Waals surface area (Å²) in [6.45, 7) is 2.25. The van der Waals surface area contributed by atoms with Gasteiger partial charge in [-0.25, -0.2) is 0 Å². The first-order valence-electron chi connectivity index (χ1n) is 6.09. The average Bonchev–Trinajstić information content (AvgIpc) is 2.22. The molecule has 0 aromatic carbocycles. The van der Waals surface area contributed by atoms with Crippen molar-refractivity contribution in [1.29, 1.82) is 0 Å². The fourth-order valence-corrected chi connectivity index (χ4v) is 2.59. The zero-order valence-corrected chi connectivity index (χ0v) is 11.2. The Hall–Kier alpha value is -0.0500. The molecule has 0 radical (unpaired) electrons. The Balaban J connectivity index is 2.18. The van der Waals surface area contributed by atoms with E-state index in [1.807, 2.05) is 0 Å². The molecule has 0 heterocycles. The highest BCUT2D eigenvalue weighted by atomic mass is 79.9. The van der Waals surface area contributed by atoms with Crippen molar-refractivity contribution < 1.29 is 4.79 Å². The van der Waals surface area contributed by atoms with Gasteiger partial charge in [-0.2, -0.15) is 0 Å². The van der Waals surface area contributed by atoms with E-state index in [1.165, 1.54) is 25.7 Å². The predicted molar refractivity (Wildman–Crippen MR) is 67.2 cm³/mol. The lowest BCUT2D eigenvalue weighted by Crippen LogP contribution is -2.40. The van der Waals surface area contributed by atoms with Gasteiger partial charge in [0, 0.05) is 17.8 Å². The molecule has 0 aromatic heterocycles. The van der Waals surface area contributed by atoms with Crippen molar-refractivity contribution in [3.05, 3.63) is 0 Å². The zero-order valence-electron chi connectivity index (χ0n) is 9.60. The lowest BCUT2D eigenvalue weighted by atomic mass is 9.86. The fraction of sp³-hybridized carbons (Fsp3) is 0.917. The van der Waals surface area contributed by atoms with Gasteiger partial charge in [0.25, 0.3) is 0 Å². The van der Waals surface area contributed by atoms with Gasteiger partial charge in [0.15, 0.2) is 0 Å². The van der Waals surface area contributed by atoms with Crippen LogP contribution in [0.25, 0.3) is 0 Å². The van der Waals surface area contributed by atoms with Gasteiger partial charge < -0.3 is 5.32 Å².